The van der Waals surface area contributed by atoms with Gasteiger partial charge in [0.2, 0.25) is 17.7 Å². The Morgan fingerprint density at radius 2 is 1.30 bits per heavy atom. The predicted molar refractivity (Wildman–Crippen MR) is 76.9 cm³/mol. The fourth-order valence-corrected chi connectivity index (χ4v) is 1.36. The van der Waals surface area contributed by atoms with E-state index in [0.717, 1.165) is 0 Å². The molecular weight excluding hydrogens is 312 g/mol. The molecule has 4 atom stereocenters. The first-order valence-corrected chi connectivity index (χ1v) is 6.75. The minimum absolute atomic E-state index is 0.587. The quantitative estimate of drug-likeness (QED) is 0.221. The summed E-state index contributed by atoms with van der Waals surface area (Å²) in [6, 6.07) is -4.78. The highest BCUT2D eigenvalue weighted by molar-refractivity contribution is 5.93. The van der Waals surface area contributed by atoms with E-state index in [4.69, 9.17) is 21.1 Å². The highest BCUT2D eigenvalue weighted by Gasteiger charge is 2.25. The molecule has 0 spiro atoms. The van der Waals surface area contributed by atoms with Crippen LogP contribution in [0.15, 0.2) is 0 Å². The van der Waals surface area contributed by atoms with E-state index in [1.807, 2.05) is 5.32 Å². The molecule has 0 saturated heterocycles. The Labute approximate surface area is 132 Å². The maximum absolute atomic E-state index is 11.8. The van der Waals surface area contributed by atoms with E-state index in [1.165, 1.54) is 13.8 Å². The van der Waals surface area contributed by atoms with Gasteiger partial charge in [-0.15, -0.1) is 0 Å². The zero-order valence-corrected chi connectivity index (χ0v) is 12.8. The molecule has 0 aliphatic heterocycles. The minimum atomic E-state index is -1.48. The van der Waals surface area contributed by atoms with E-state index in [2.05, 4.69) is 10.6 Å². The van der Waals surface area contributed by atoms with Gasteiger partial charge in [0.05, 0.1) is 13.2 Å². The number of carbonyl (C=O) groups is 4. The van der Waals surface area contributed by atoms with Gasteiger partial charge in [-0.3, -0.25) is 14.4 Å². The van der Waals surface area contributed by atoms with Crippen molar-refractivity contribution in [1.29, 1.82) is 0 Å². The molecule has 11 nitrogen and oxygen atoms in total. The molecule has 0 saturated carbocycles. The zero-order valence-electron chi connectivity index (χ0n) is 12.8. The van der Waals surface area contributed by atoms with Gasteiger partial charge in [-0.2, -0.15) is 0 Å². The number of nitrogens with one attached hydrogen (secondary N) is 3. The van der Waals surface area contributed by atoms with E-state index in [-0.39, 0.29) is 0 Å². The highest BCUT2D eigenvalue weighted by Crippen LogP contribution is 1.91. The summed E-state index contributed by atoms with van der Waals surface area (Å²) >= 11 is 0. The molecule has 0 aliphatic rings. The van der Waals surface area contributed by atoms with Gasteiger partial charge in [0.25, 0.3) is 0 Å². The van der Waals surface area contributed by atoms with Crippen LogP contribution in [0.1, 0.15) is 13.8 Å². The van der Waals surface area contributed by atoms with Crippen molar-refractivity contribution in [3.8, 4) is 0 Å². The number of aliphatic hydroxyl groups is 2. The van der Waals surface area contributed by atoms with Crippen LogP contribution in [0.2, 0.25) is 0 Å². The van der Waals surface area contributed by atoms with Gasteiger partial charge in [0, 0.05) is 0 Å². The minimum Gasteiger partial charge on any atom is -0.480 e. The summed E-state index contributed by atoms with van der Waals surface area (Å²) in [7, 11) is 0. The second kappa shape index (κ2) is 9.71. The molecule has 0 aromatic carbocycles. The van der Waals surface area contributed by atoms with Crippen molar-refractivity contribution in [2.75, 3.05) is 13.2 Å². The Hall–Kier alpha value is -2.24. The van der Waals surface area contributed by atoms with E-state index in [0.29, 0.717) is 0 Å². The maximum atomic E-state index is 11.8. The van der Waals surface area contributed by atoms with Crippen LogP contribution in [0.4, 0.5) is 0 Å². The fourth-order valence-electron chi connectivity index (χ4n) is 1.36. The largest absolute Gasteiger partial charge is 0.480 e. The summed E-state index contributed by atoms with van der Waals surface area (Å²) in [6.45, 7) is 1.26. The van der Waals surface area contributed by atoms with Crippen LogP contribution in [-0.2, 0) is 19.2 Å². The molecule has 0 bridgehead atoms. The van der Waals surface area contributed by atoms with Crippen LogP contribution < -0.4 is 21.7 Å². The Kier molecular flexibility index (Phi) is 8.77. The number of aliphatic carboxylic acids is 1. The lowest BCUT2D eigenvalue weighted by atomic mass is 10.2. The van der Waals surface area contributed by atoms with Crippen molar-refractivity contribution in [2.24, 2.45) is 5.73 Å². The van der Waals surface area contributed by atoms with E-state index >= 15 is 0 Å². The number of carbonyl (C=O) groups excluding carboxylic acids is 3. The van der Waals surface area contributed by atoms with E-state index < -0.39 is 61.1 Å². The summed E-state index contributed by atoms with van der Waals surface area (Å²) in [5.74, 6) is -3.68. The van der Waals surface area contributed by atoms with Crippen LogP contribution in [0, 0.1) is 0 Å². The summed E-state index contributed by atoms with van der Waals surface area (Å²) in [4.78, 5) is 45.6. The second-order valence-electron chi connectivity index (χ2n) is 4.83. The predicted octanol–water partition coefficient (Wildman–Crippen LogP) is -4.12. The third-order valence-corrected chi connectivity index (χ3v) is 2.83. The van der Waals surface area contributed by atoms with Crippen LogP contribution in [-0.4, -0.2) is 76.4 Å². The number of rotatable bonds is 9. The Morgan fingerprint density at radius 1 is 0.870 bits per heavy atom. The number of carboxylic acids is 1. The fraction of sp³-hybridized carbons (Fsp3) is 0.667. The van der Waals surface area contributed by atoms with Crippen LogP contribution in [0.3, 0.4) is 0 Å². The molecule has 0 fully saturated rings. The van der Waals surface area contributed by atoms with E-state index in [9.17, 15) is 19.2 Å². The zero-order chi connectivity index (χ0) is 18.2. The standard InChI is InChI=1S/C12H22N4O7/c1-5(15-11(21)7(13)3-17)9(19)14-6(2)10(20)16-8(4-18)12(22)23/h5-8,17-18H,3-4,13H2,1-2H3,(H,14,19)(H,15,21)(H,16,20)(H,22,23). The lowest BCUT2D eigenvalue weighted by Gasteiger charge is -2.20. The lowest BCUT2D eigenvalue weighted by Crippen LogP contribution is -2.56. The molecule has 0 aromatic rings. The van der Waals surface area contributed by atoms with Crippen LogP contribution in [0.25, 0.3) is 0 Å². The van der Waals surface area contributed by atoms with E-state index in [1.54, 1.807) is 0 Å². The molecule has 3 amide bonds. The van der Waals surface area contributed by atoms with Crippen molar-refractivity contribution in [2.45, 2.75) is 38.0 Å². The van der Waals surface area contributed by atoms with Gasteiger partial charge in [-0.05, 0) is 13.8 Å². The number of hydrogen-bond donors (Lipinski definition) is 7. The summed E-state index contributed by atoms with van der Waals surface area (Å²) < 4.78 is 0. The molecule has 132 valence electrons. The topological polar surface area (TPSA) is 191 Å². The molecule has 8 N–H and O–H groups in total. The Bertz CT molecular complexity index is 457. The average molecular weight is 334 g/mol. The highest BCUT2D eigenvalue weighted by atomic mass is 16.4. The van der Waals surface area contributed by atoms with Crippen molar-refractivity contribution in [1.82, 2.24) is 16.0 Å². The monoisotopic (exact) mass is 334 g/mol. The molecule has 4 unspecified atom stereocenters. The molecular formula is C12H22N4O7. The molecule has 0 rings (SSSR count). The Balaban J connectivity index is 4.50. The first-order chi connectivity index (χ1) is 10.6. The number of amides is 3. The molecule has 23 heavy (non-hydrogen) atoms. The molecule has 11 heteroatoms. The SMILES string of the molecule is CC(NC(=O)C(N)CO)C(=O)NC(C)C(=O)NC(CO)C(=O)O. The molecule has 0 radical (unpaired) electrons. The first kappa shape index (κ1) is 20.8. The average Bonchev–Trinajstić information content (AvgIpc) is 2.50. The van der Waals surface area contributed by atoms with Gasteiger partial charge in [0.1, 0.15) is 24.2 Å². The van der Waals surface area contributed by atoms with Crippen molar-refractivity contribution < 1.29 is 34.5 Å². The van der Waals surface area contributed by atoms with Crippen molar-refractivity contribution in [3.63, 3.8) is 0 Å². The number of aliphatic hydroxyl groups excluding tert-OH is 2. The second-order valence-corrected chi connectivity index (χ2v) is 4.83. The van der Waals surface area contributed by atoms with Crippen LogP contribution in [0.5, 0.6) is 0 Å². The van der Waals surface area contributed by atoms with Gasteiger partial charge in [-0.1, -0.05) is 0 Å². The Morgan fingerprint density at radius 3 is 1.70 bits per heavy atom. The summed E-state index contributed by atoms with van der Waals surface area (Å²) in [6.07, 6.45) is 0. The molecule has 0 heterocycles. The number of hydrogen-bond acceptors (Lipinski definition) is 7. The summed E-state index contributed by atoms with van der Waals surface area (Å²) in [5, 5.41) is 32.8. The number of nitrogens with two attached hydrogens (primary N) is 1. The normalized spacial score (nSPS) is 15.7. The molecule has 0 aromatic heterocycles. The van der Waals surface area contributed by atoms with Crippen molar-refractivity contribution in [3.05, 3.63) is 0 Å². The van der Waals surface area contributed by atoms with Gasteiger partial charge < -0.3 is 37.0 Å². The summed E-state index contributed by atoms with van der Waals surface area (Å²) in [5.41, 5.74) is 5.28. The third kappa shape index (κ3) is 7.04. The van der Waals surface area contributed by atoms with Gasteiger partial charge in [0.15, 0.2) is 0 Å². The van der Waals surface area contributed by atoms with Gasteiger partial charge in [-0.25, -0.2) is 4.79 Å². The maximum Gasteiger partial charge on any atom is 0.328 e. The third-order valence-electron chi connectivity index (χ3n) is 2.83. The van der Waals surface area contributed by atoms with Gasteiger partial charge >= 0.3 is 5.97 Å². The number of carboxylic acid groups (broad SMARTS) is 1. The van der Waals surface area contributed by atoms with Crippen molar-refractivity contribution >= 4 is 23.7 Å². The smallest absolute Gasteiger partial charge is 0.328 e. The van der Waals surface area contributed by atoms with Crippen LogP contribution >= 0.6 is 0 Å². The first-order valence-electron chi connectivity index (χ1n) is 6.75. The lowest BCUT2D eigenvalue weighted by molar-refractivity contribution is -0.143. The molecule has 0 aliphatic carbocycles.